The van der Waals surface area contributed by atoms with Gasteiger partial charge in [0.1, 0.15) is 23.5 Å². The number of amides is 2. The second kappa shape index (κ2) is 9.88. The lowest BCUT2D eigenvalue weighted by molar-refractivity contribution is 0.0875. The number of hydrogen-bond donors (Lipinski definition) is 2. The van der Waals surface area contributed by atoms with E-state index in [1.807, 2.05) is 6.07 Å². The van der Waals surface area contributed by atoms with Crippen molar-refractivity contribution in [2.75, 3.05) is 13.7 Å². The van der Waals surface area contributed by atoms with Crippen LogP contribution in [0.3, 0.4) is 0 Å². The molecule has 0 radical (unpaired) electrons. The molecule has 0 saturated heterocycles. The lowest BCUT2D eigenvalue weighted by atomic mass is 9.92. The summed E-state index contributed by atoms with van der Waals surface area (Å²) in [6.45, 7) is 1.00. The molecule has 0 atom stereocenters. The van der Waals surface area contributed by atoms with Crippen molar-refractivity contribution in [1.29, 1.82) is 5.26 Å². The van der Waals surface area contributed by atoms with E-state index in [0.717, 1.165) is 24.1 Å². The number of methoxy groups -OCH3 is 1. The number of hydrogen-bond acceptors (Lipinski definition) is 7. The molecule has 2 heterocycles. The Morgan fingerprint density at radius 3 is 2.73 bits per heavy atom. The molecule has 2 aromatic rings. The van der Waals surface area contributed by atoms with Gasteiger partial charge in [-0.3, -0.25) is 9.59 Å². The van der Waals surface area contributed by atoms with Gasteiger partial charge in [0.15, 0.2) is 0 Å². The first-order chi connectivity index (χ1) is 16.0. The second-order valence-electron chi connectivity index (χ2n) is 8.21. The lowest BCUT2D eigenvalue weighted by Gasteiger charge is -2.30. The number of primary amides is 1. The molecule has 0 bridgehead atoms. The van der Waals surface area contributed by atoms with E-state index in [9.17, 15) is 14.9 Å². The molecule has 172 valence electrons. The van der Waals surface area contributed by atoms with Gasteiger partial charge in [-0.15, -0.1) is 0 Å². The molecular formula is C24H26N4O5. The number of fused-ring (bicyclic) bond motifs is 1. The number of nitriles is 1. The lowest BCUT2D eigenvalue weighted by Crippen LogP contribution is -2.40. The Hall–Kier alpha value is -3.64. The number of nitrogens with two attached hydrogens (primary N) is 1. The topological polar surface area (TPSA) is 137 Å². The van der Waals surface area contributed by atoms with E-state index in [2.05, 4.69) is 10.3 Å². The molecule has 1 aromatic heterocycles. The van der Waals surface area contributed by atoms with Crippen molar-refractivity contribution >= 4 is 11.8 Å². The van der Waals surface area contributed by atoms with Crippen LogP contribution >= 0.6 is 0 Å². The predicted octanol–water partition coefficient (Wildman–Crippen LogP) is 2.25. The molecule has 2 aliphatic rings. The molecule has 2 amide bonds. The van der Waals surface area contributed by atoms with E-state index in [4.69, 9.17) is 19.9 Å². The minimum absolute atomic E-state index is 0.00533. The van der Waals surface area contributed by atoms with Crippen LogP contribution in [-0.2, 0) is 17.8 Å². The van der Waals surface area contributed by atoms with Crippen LogP contribution in [0.2, 0.25) is 0 Å². The number of nitrogens with zero attached hydrogens (tertiary/aromatic N) is 2. The molecule has 9 heteroatoms. The van der Waals surface area contributed by atoms with Crippen LogP contribution in [0.25, 0.3) is 0 Å². The standard InChI is InChI=1S/C24H26N4O5/c1-31-21-7-2-14(10-15(21)12-25)23(30)27-17-3-5-18(6-4-17)33-24-19(22(26)29)11-16-13-32-9-8-20(16)28-24/h2,7,10-11,17-18H,3-6,8-9,13H2,1H3,(H2,26,29)(H,27,30)/t17-,18-. The zero-order valence-corrected chi connectivity index (χ0v) is 18.4. The van der Waals surface area contributed by atoms with Crippen LogP contribution in [0, 0.1) is 11.3 Å². The second-order valence-corrected chi connectivity index (χ2v) is 8.21. The highest BCUT2D eigenvalue weighted by atomic mass is 16.5. The van der Waals surface area contributed by atoms with Crippen molar-refractivity contribution in [3.05, 3.63) is 52.2 Å². The van der Waals surface area contributed by atoms with E-state index in [1.165, 1.54) is 13.2 Å². The van der Waals surface area contributed by atoms with Gasteiger partial charge in [0.25, 0.3) is 11.8 Å². The maximum atomic E-state index is 12.6. The first kappa shape index (κ1) is 22.6. The third-order valence-corrected chi connectivity index (χ3v) is 6.03. The van der Waals surface area contributed by atoms with Crippen LogP contribution in [0.15, 0.2) is 24.3 Å². The molecule has 1 aliphatic heterocycles. The number of rotatable bonds is 6. The van der Waals surface area contributed by atoms with Crippen molar-refractivity contribution in [2.24, 2.45) is 5.73 Å². The average molecular weight is 450 g/mol. The Morgan fingerprint density at radius 2 is 2.03 bits per heavy atom. The van der Waals surface area contributed by atoms with Gasteiger partial charge in [-0.2, -0.15) is 5.26 Å². The fourth-order valence-electron chi connectivity index (χ4n) is 4.22. The molecule has 1 aromatic carbocycles. The maximum absolute atomic E-state index is 12.6. The molecule has 0 spiro atoms. The van der Waals surface area contributed by atoms with Crippen molar-refractivity contribution in [1.82, 2.24) is 10.3 Å². The number of carbonyl (C=O) groups is 2. The molecular weight excluding hydrogens is 424 g/mol. The third kappa shape index (κ3) is 5.07. The summed E-state index contributed by atoms with van der Waals surface area (Å²) < 4.78 is 16.7. The normalized spacial score (nSPS) is 19.6. The van der Waals surface area contributed by atoms with Crippen LogP contribution in [-0.4, -0.2) is 42.7 Å². The summed E-state index contributed by atoms with van der Waals surface area (Å²) in [6.07, 6.45) is 3.41. The van der Waals surface area contributed by atoms with Gasteiger partial charge in [-0.25, -0.2) is 4.98 Å². The first-order valence-electron chi connectivity index (χ1n) is 10.9. The quantitative estimate of drug-likeness (QED) is 0.689. The molecule has 1 saturated carbocycles. The first-order valence-corrected chi connectivity index (χ1v) is 10.9. The predicted molar refractivity (Wildman–Crippen MR) is 118 cm³/mol. The zero-order valence-electron chi connectivity index (χ0n) is 18.4. The van der Waals surface area contributed by atoms with E-state index >= 15 is 0 Å². The van der Waals surface area contributed by atoms with Crippen LogP contribution in [0.1, 0.15) is 63.2 Å². The molecule has 1 aliphatic carbocycles. The summed E-state index contributed by atoms with van der Waals surface area (Å²) in [5, 5.41) is 12.3. The van der Waals surface area contributed by atoms with E-state index in [0.29, 0.717) is 49.4 Å². The maximum Gasteiger partial charge on any atom is 0.254 e. The summed E-state index contributed by atoms with van der Waals surface area (Å²) in [5.74, 6) is -0.0978. The minimum atomic E-state index is -0.581. The van der Waals surface area contributed by atoms with Crippen molar-refractivity contribution < 1.29 is 23.8 Å². The molecule has 33 heavy (non-hydrogen) atoms. The van der Waals surface area contributed by atoms with Gasteiger partial charge in [0.05, 0.1) is 31.6 Å². The number of benzene rings is 1. The molecule has 9 nitrogen and oxygen atoms in total. The monoisotopic (exact) mass is 450 g/mol. The summed E-state index contributed by atoms with van der Waals surface area (Å²) >= 11 is 0. The molecule has 4 rings (SSSR count). The molecule has 0 unspecified atom stereocenters. The fraction of sp³-hybridized carbons (Fsp3) is 0.417. The smallest absolute Gasteiger partial charge is 0.254 e. The van der Waals surface area contributed by atoms with E-state index in [-0.39, 0.29) is 29.5 Å². The number of nitrogens with one attached hydrogen (secondary N) is 1. The van der Waals surface area contributed by atoms with Crippen molar-refractivity contribution in [3.8, 4) is 17.7 Å². The van der Waals surface area contributed by atoms with Gasteiger partial charge in [0, 0.05) is 23.6 Å². The van der Waals surface area contributed by atoms with E-state index in [1.54, 1.807) is 18.2 Å². The van der Waals surface area contributed by atoms with Crippen molar-refractivity contribution in [2.45, 2.75) is 50.9 Å². The highest BCUT2D eigenvalue weighted by Gasteiger charge is 2.27. The van der Waals surface area contributed by atoms with Gasteiger partial charge in [-0.1, -0.05) is 0 Å². The summed E-state index contributed by atoms with van der Waals surface area (Å²) in [7, 11) is 1.48. The van der Waals surface area contributed by atoms with Crippen LogP contribution < -0.4 is 20.5 Å². The summed E-state index contributed by atoms with van der Waals surface area (Å²) in [5.41, 5.74) is 8.29. The fourth-order valence-corrected chi connectivity index (χ4v) is 4.22. The van der Waals surface area contributed by atoms with Gasteiger partial charge in [-0.05, 0) is 49.9 Å². The number of carbonyl (C=O) groups excluding carboxylic acids is 2. The molecule has 3 N–H and O–H groups in total. The van der Waals surface area contributed by atoms with Crippen LogP contribution in [0.4, 0.5) is 0 Å². The minimum Gasteiger partial charge on any atom is -0.495 e. The molecule has 1 fully saturated rings. The van der Waals surface area contributed by atoms with Gasteiger partial charge < -0.3 is 25.3 Å². The Morgan fingerprint density at radius 1 is 1.24 bits per heavy atom. The highest BCUT2D eigenvalue weighted by molar-refractivity contribution is 5.95. The Bertz CT molecular complexity index is 1100. The highest BCUT2D eigenvalue weighted by Crippen LogP contribution is 2.28. The Balaban J connectivity index is 1.36. The Labute approximate surface area is 191 Å². The average Bonchev–Trinajstić information content (AvgIpc) is 2.84. The summed E-state index contributed by atoms with van der Waals surface area (Å²) in [4.78, 5) is 29.1. The third-order valence-electron chi connectivity index (χ3n) is 6.03. The van der Waals surface area contributed by atoms with Crippen molar-refractivity contribution in [3.63, 3.8) is 0 Å². The number of ether oxygens (including phenoxy) is 3. The largest absolute Gasteiger partial charge is 0.495 e. The van der Waals surface area contributed by atoms with Gasteiger partial charge in [0.2, 0.25) is 5.88 Å². The van der Waals surface area contributed by atoms with Crippen LogP contribution in [0.5, 0.6) is 11.6 Å². The number of pyridine rings is 1. The Kier molecular flexibility index (Phi) is 6.75. The summed E-state index contributed by atoms with van der Waals surface area (Å²) in [6, 6.07) is 8.54. The SMILES string of the molecule is COc1ccc(C(=O)N[C@H]2CC[C@H](Oc3nc4c(cc3C(N)=O)COCC4)CC2)cc1C#N. The van der Waals surface area contributed by atoms with Gasteiger partial charge >= 0.3 is 0 Å². The zero-order chi connectivity index (χ0) is 23.4. The number of aromatic nitrogens is 1. The van der Waals surface area contributed by atoms with E-state index < -0.39 is 5.91 Å².